The number of nitro groups is 1. The van der Waals surface area contributed by atoms with Crippen molar-refractivity contribution in [1.29, 1.82) is 0 Å². The summed E-state index contributed by atoms with van der Waals surface area (Å²) in [6, 6.07) is 7.00. The number of carbonyl (C=O) groups is 1. The second kappa shape index (κ2) is 8.55. The van der Waals surface area contributed by atoms with Crippen molar-refractivity contribution in [2.75, 3.05) is 19.5 Å². The van der Waals surface area contributed by atoms with Crippen molar-refractivity contribution in [2.24, 2.45) is 0 Å². The van der Waals surface area contributed by atoms with Gasteiger partial charge in [-0.05, 0) is 24.3 Å². The number of hydrogen-bond donors (Lipinski definition) is 1. The van der Waals surface area contributed by atoms with Crippen molar-refractivity contribution in [1.82, 2.24) is 0 Å². The molecular formula is C17H14Cl2N2O5. The van der Waals surface area contributed by atoms with E-state index in [1.54, 1.807) is 6.07 Å². The van der Waals surface area contributed by atoms with Gasteiger partial charge in [-0.3, -0.25) is 14.9 Å². The van der Waals surface area contributed by atoms with Crippen molar-refractivity contribution in [3.8, 4) is 11.5 Å². The molecule has 0 aliphatic rings. The van der Waals surface area contributed by atoms with E-state index in [0.717, 1.165) is 0 Å². The summed E-state index contributed by atoms with van der Waals surface area (Å²) >= 11 is 12.0. The highest BCUT2D eigenvalue weighted by molar-refractivity contribution is 6.36. The molecule has 0 aliphatic heterocycles. The lowest BCUT2D eigenvalue weighted by molar-refractivity contribution is -0.384. The third-order valence-corrected chi connectivity index (χ3v) is 3.81. The van der Waals surface area contributed by atoms with Crippen molar-refractivity contribution in [3.05, 3.63) is 62.1 Å². The van der Waals surface area contributed by atoms with E-state index in [2.05, 4.69) is 5.32 Å². The number of anilines is 1. The number of carbonyl (C=O) groups excluding carboxylic acids is 1. The van der Waals surface area contributed by atoms with Crippen LogP contribution >= 0.6 is 23.2 Å². The van der Waals surface area contributed by atoms with Crippen LogP contribution in [0.25, 0.3) is 6.08 Å². The summed E-state index contributed by atoms with van der Waals surface area (Å²) in [7, 11) is 2.80. The second-order valence-electron chi connectivity index (χ2n) is 4.97. The lowest BCUT2D eigenvalue weighted by Crippen LogP contribution is -2.09. The van der Waals surface area contributed by atoms with Crippen LogP contribution in [-0.2, 0) is 4.79 Å². The highest BCUT2D eigenvalue weighted by atomic mass is 35.5. The van der Waals surface area contributed by atoms with Gasteiger partial charge in [-0.2, -0.15) is 0 Å². The molecule has 9 heteroatoms. The molecule has 0 aliphatic carbocycles. The number of nitrogens with zero attached hydrogens (tertiary/aromatic N) is 1. The predicted molar refractivity (Wildman–Crippen MR) is 100 cm³/mol. The summed E-state index contributed by atoms with van der Waals surface area (Å²) in [5.41, 5.74) is 0.674. The molecule has 26 heavy (non-hydrogen) atoms. The maximum Gasteiger partial charge on any atom is 0.273 e. The van der Waals surface area contributed by atoms with Gasteiger partial charge in [-0.1, -0.05) is 23.2 Å². The van der Waals surface area contributed by atoms with E-state index < -0.39 is 10.8 Å². The Morgan fingerprint density at radius 2 is 1.92 bits per heavy atom. The Labute approximate surface area is 159 Å². The highest BCUT2D eigenvalue weighted by Gasteiger charge is 2.13. The molecule has 1 amide bonds. The molecule has 0 unspecified atom stereocenters. The van der Waals surface area contributed by atoms with Gasteiger partial charge in [0, 0.05) is 22.7 Å². The smallest absolute Gasteiger partial charge is 0.273 e. The van der Waals surface area contributed by atoms with E-state index in [1.165, 1.54) is 50.6 Å². The SMILES string of the molecule is COc1cc([N+](=O)[O-])ccc1NC(=O)C=Cc1cc(Cl)cc(Cl)c1OC. The summed E-state index contributed by atoms with van der Waals surface area (Å²) in [4.78, 5) is 22.4. The van der Waals surface area contributed by atoms with Gasteiger partial charge in [-0.15, -0.1) is 0 Å². The lowest BCUT2D eigenvalue weighted by atomic mass is 10.2. The third-order valence-electron chi connectivity index (χ3n) is 3.31. The zero-order valence-electron chi connectivity index (χ0n) is 13.8. The number of nitrogens with one attached hydrogen (secondary N) is 1. The second-order valence-corrected chi connectivity index (χ2v) is 5.82. The van der Waals surface area contributed by atoms with Gasteiger partial charge in [-0.25, -0.2) is 0 Å². The Hall–Kier alpha value is -2.77. The predicted octanol–water partition coefficient (Wildman–Crippen LogP) is 4.57. The van der Waals surface area contributed by atoms with Crippen LogP contribution in [0.15, 0.2) is 36.4 Å². The van der Waals surface area contributed by atoms with Crippen molar-refractivity contribution in [2.45, 2.75) is 0 Å². The van der Waals surface area contributed by atoms with E-state index in [9.17, 15) is 14.9 Å². The molecule has 0 aromatic heterocycles. The minimum atomic E-state index is -0.552. The zero-order valence-corrected chi connectivity index (χ0v) is 15.3. The Morgan fingerprint density at radius 1 is 1.19 bits per heavy atom. The van der Waals surface area contributed by atoms with Crippen molar-refractivity contribution < 1.29 is 19.2 Å². The van der Waals surface area contributed by atoms with Crippen LogP contribution in [0, 0.1) is 10.1 Å². The van der Waals surface area contributed by atoms with E-state index in [1.807, 2.05) is 0 Å². The van der Waals surface area contributed by atoms with Gasteiger partial charge >= 0.3 is 0 Å². The average molecular weight is 397 g/mol. The molecule has 0 saturated heterocycles. The van der Waals surface area contributed by atoms with Crippen LogP contribution in [-0.4, -0.2) is 25.1 Å². The van der Waals surface area contributed by atoms with E-state index in [0.29, 0.717) is 27.0 Å². The van der Waals surface area contributed by atoms with Crippen molar-refractivity contribution >= 4 is 46.6 Å². The first-order chi connectivity index (χ1) is 12.3. The number of benzene rings is 2. The van der Waals surface area contributed by atoms with E-state index in [4.69, 9.17) is 32.7 Å². The fraction of sp³-hybridized carbons (Fsp3) is 0.118. The molecule has 0 saturated carbocycles. The number of amides is 1. The molecule has 0 heterocycles. The van der Waals surface area contributed by atoms with E-state index >= 15 is 0 Å². The van der Waals surface area contributed by atoms with Crippen LogP contribution in [0.3, 0.4) is 0 Å². The fourth-order valence-corrected chi connectivity index (χ4v) is 2.74. The minimum Gasteiger partial charge on any atom is -0.495 e. The number of methoxy groups -OCH3 is 2. The van der Waals surface area contributed by atoms with Gasteiger partial charge in [0.25, 0.3) is 5.69 Å². The Kier molecular flexibility index (Phi) is 6.43. The summed E-state index contributed by atoms with van der Waals surface area (Å²) in [6.45, 7) is 0. The van der Waals surface area contributed by atoms with Gasteiger partial charge < -0.3 is 14.8 Å². The molecule has 2 aromatic carbocycles. The molecule has 7 nitrogen and oxygen atoms in total. The standard InChI is InChI=1S/C17H14Cl2N2O5/c1-25-15-9-12(21(23)24)4-5-14(15)20-16(22)6-3-10-7-11(18)8-13(19)17(10)26-2/h3-9H,1-2H3,(H,20,22). The Morgan fingerprint density at radius 3 is 2.54 bits per heavy atom. The highest BCUT2D eigenvalue weighted by Crippen LogP contribution is 2.33. The van der Waals surface area contributed by atoms with Crippen LogP contribution in [0.2, 0.25) is 10.0 Å². The minimum absolute atomic E-state index is 0.145. The molecule has 0 bridgehead atoms. The normalized spacial score (nSPS) is 10.6. The molecule has 0 fully saturated rings. The first-order valence-electron chi connectivity index (χ1n) is 7.20. The van der Waals surface area contributed by atoms with E-state index in [-0.39, 0.29) is 11.4 Å². The van der Waals surface area contributed by atoms with Crippen LogP contribution in [0.4, 0.5) is 11.4 Å². The monoisotopic (exact) mass is 396 g/mol. The Bertz CT molecular complexity index is 884. The third kappa shape index (κ3) is 4.65. The molecule has 2 rings (SSSR count). The number of ether oxygens (including phenoxy) is 2. The number of nitro benzene ring substituents is 1. The van der Waals surface area contributed by atoms with Crippen LogP contribution in [0.5, 0.6) is 11.5 Å². The maximum atomic E-state index is 12.1. The summed E-state index contributed by atoms with van der Waals surface area (Å²) in [6.07, 6.45) is 2.75. The Balaban J connectivity index is 2.22. The van der Waals surface area contributed by atoms with Gasteiger partial charge in [0.1, 0.15) is 11.5 Å². The lowest BCUT2D eigenvalue weighted by Gasteiger charge is -2.09. The molecule has 136 valence electrons. The fourth-order valence-electron chi connectivity index (χ4n) is 2.16. The largest absolute Gasteiger partial charge is 0.495 e. The van der Waals surface area contributed by atoms with Crippen LogP contribution < -0.4 is 14.8 Å². The molecule has 0 atom stereocenters. The molecule has 1 N–H and O–H groups in total. The van der Waals surface area contributed by atoms with Gasteiger partial charge in [0.15, 0.2) is 0 Å². The molecule has 0 spiro atoms. The maximum absolute atomic E-state index is 12.1. The summed E-state index contributed by atoms with van der Waals surface area (Å²) in [5, 5.41) is 14.1. The first-order valence-corrected chi connectivity index (χ1v) is 7.95. The zero-order chi connectivity index (χ0) is 19.3. The number of hydrogen-bond acceptors (Lipinski definition) is 5. The first kappa shape index (κ1) is 19.6. The topological polar surface area (TPSA) is 90.7 Å². The summed E-state index contributed by atoms with van der Waals surface area (Å²) in [5.74, 6) is 0.0765. The molecule has 0 radical (unpaired) electrons. The van der Waals surface area contributed by atoms with Crippen LogP contribution in [0.1, 0.15) is 5.56 Å². The number of rotatable bonds is 6. The number of non-ortho nitro benzene ring substituents is 1. The molecular weight excluding hydrogens is 383 g/mol. The molecule has 2 aromatic rings. The summed E-state index contributed by atoms with van der Waals surface area (Å²) < 4.78 is 10.3. The average Bonchev–Trinajstić information content (AvgIpc) is 2.59. The van der Waals surface area contributed by atoms with Crippen molar-refractivity contribution in [3.63, 3.8) is 0 Å². The van der Waals surface area contributed by atoms with Gasteiger partial charge in [0.2, 0.25) is 5.91 Å². The quantitative estimate of drug-likeness (QED) is 0.438. The number of halogens is 2. The van der Waals surface area contributed by atoms with Gasteiger partial charge in [0.05, 0.1) is 35.9 Å².